The van der Waals surface area contributed by atoms with Crippen LogP contribution in [0.4, 0.5) is 17.1 Å². The summed E-state index contributed by atoms with van der Waals surface area (Å²) in [5.41, 5.74) is 13.8. The average molecular weight is 997 g/mol. The van der Waals surface area contributed by atoms with Gasteiger partial charge in [-0.2, -0.15) is 17.7 Å². The molecule has 6 heteroatoms. The second-order valence-electron chi connectivity index (χ2n) is 17.7. The largest absolute Gasteiger partial charge is 3.00 e. The van der Waals surface area contributed by atoms with Crippen LogP contribution in [0.25, 0.3) is 49.6 Å². The predicted octanol–water partition coefficient (Wildman–Crippen LogP) is 15.4. The van der Waals surface area contributed by atoms with Crippen LogP contribution < -0.4 is 10.1 Å². The second kappa shape index (κ2) is 18.4. The second-order valence-corrected chi connectivity index (χ2v) is 22.8. The van der Waals surface area contributed by atoms with Gasteiger partial charge in [0.05, 0.1) is 8.07 Å². The van der Waals surface area contributed by atoms with Crippen LogP contribution in [-0.4, -0.2) is 13.1 Å². The minimum atomic E-state index is -1.67. The van der Waals surface area contributed by atoms with Gasteiger partial charge in [0, 0.05) is 31.3 Å². The van der Waals surface area contributed by atoms with Crippen LogP contribution in [0, 0.1) is 18.1 Å². The number of anilines is 2. The number of pyridine rings is 1. The van der Waals surface area contributed by atoms with E-state index in [4.69, 9.17) is 12.5 Å². The van der Waals surface area contributed by atoms with Crippen molar-refractivity contribution < 1.29 is 27.3 Å². The van der Waals surface area contributed by atoms with Crippen molar-refractivity contribution in [2.24, 2.45) is 5.92 Å². The number of aromatic nitrogens is 1. The molecule has 4 nitrogen and oxygen atoms in total. The van der Waals surface area contributed by atoms with Crippen molar-refractivity contribution in [1.29, 1.82) is 0 Å². The molecule has 9 rings (SSSR count). The maximum atomic E-state index is 8.55. The fourth-order valence-corrected chi connectivity index (χ4v) is 9.61. The number of hydrogen-bond donors (Lipinski definition) is 0. The number of furan rings is 1. The van der Waals surface area contributed by atoms with Gasteiger partial charge in [0.1, 0.15) is 5.58 Å². The summed E-state index contributed by atoms with van der Waals surface area (Å²) in [5, 5.41) is 8.62. The molecule has 1 atom stereocenters. The minimum Gasteiger partial charge on any atom is -0.661 e. The fourth-order valence-electron chi connectivity index (χ4n) is 8.20. The quantitative estimate of drug-likeness (QED) is 0.107. The van der Waals surface area contributed by atoms with Crippen LogP contribution in [0.1, 0.15) is 84.5 Å². The van der Waals surface area contributed by atoms with Crippen LogP contribution >= 0.6 is 0 Å². The van der Waals surface area contributed by atoms with Gasteiger partial charge >= 0.3 is 20.1 Å². The molecule has 0 aliphatic carbocycles. The molecule has 0 saturated heterocycles. The molecule has 6 aromatic carbocycles. The van der Waals surface area contributed by atoms with Gasteiger partial charge in [0.15, 0.2) is 0 Å². The third kappa shape index (κ3) is 9.19. The zero-order valence-electron chi connectivity index (χ0n) is 38.7. The Kier molecular flexibility index (Phi) is 12.4. The molecular formula is C55H56IrN3OSi. The maximum absolute atomic E-state index is 8.55. The smallest absolute Gasteiger partial charge is 0.661 e. The van der Waals surface area contributed by atoms with Crippen molar-refractivity contribution in [3.05, 3.63) is 179 Å². The molecule has 0 spiro atoms. The molecule has 0 N–H and O–H groups in total. The zero-order valence-corrected chi connectivity index (χ0v) is 40.1. The summed E-state index contributed by atoms with van der Waals surface area (Å²) < 4.78 is 23.2. The Labute approximate surface area is 380 Å². The van der Waals surface area contributed by atoms with E-state index in [0.29, 0.717) is 11.8 Å². The third-order valence-corrected chi connectivity index (χ3v) is 13.2. The van der Waals surface area contributed by atoms with Crippen molar-refractivity contribution in [3.63, 3.8) is 0 Å². The van der Waals surface area contributed by atoms with E-state index in [-0.39, 0.29) is 32.2 Å². The molecular weight excluding hydrogens is 939 g/mol. The normalized spacial score (nSPS) is 14.4. The molecule has 310 valence electrons. The molecule has 0 bridgehead atoms. The molecule has 0 amide bonds. The van der Waals surface area contributed by atoms with E-state index < -0.39 is 14.4 Å². The summed E-state index contributed by atoms with van der Waals surface area (Å²) >= 11 is 0. The molecule has 2 aromatic heterocycles. The molecule has 0 radical (unpaired) electrons. The standard InChI is InChI=1S/C37H32N2O.C18H24NSi.Ir/c1-23(2)29-21-27(25-12-6-5-7-13-25)22-30(24(3)4)36(29)39-33-16-10-9-15-32(33)38-37(39)26-18-19-35-31(20-26)28-14-8-11-17-34(28)40-35;1-14(2)11-16-12-17(15-9-7-6-8-10-15)19-13-18(16)20(3,4)5;/h5-17,19-24,37H,1-4H3;6-9,12-14H,11H2,1-5H3;/q-2;-1;+3/i;11D2;. The summed E-state index contributed by atoms with van der Waals surface area (Å²) in [6, 6.07) is 52.8. The van der Waals surface area contributed by atoms with Crippen molar-refractivity contribution in [3.8, 4) is 22.4 Å². The monoisotopic (exact) mass is 997 g/mol. The summed E-state index contributed by atoms with van der Waals surface area (Å²) in [7, 11) is -1.67. The summed E-state index contributed by atoms with van der Waals surface area (Å²) in [5.74, 6) is 0.570. The Balaban J connectivity index is 0.000000221. The van der Waals surface area contributed by atoms with E-state index in [1.54, 1.807) is 0 Å². The average Bonchev–Trinajstić information content (AvgIpc) is 3.84. The van der Waals surface area contributed by atoms with E-state index in [1.807, 2.05) is 68.6 Å². The van der Waals surface area contributed by atoms with E-state index >= 15 is 0 Å². The van der Waals surface area contributed by atoms with Crippen molar-refractivity contribution >= 4 is 52.3 Å². The van der Waals surface area contributed by atoms with Gasteiger partial charge in [-0.1, -0.05) is 145 Å². The number of fused-ring (bicyclic) bond motifs is 4. The molecule has 1 unspecified atom stereocenters. The Hall–Kier alpha value is -5.26. The predicted molar refractivity (Wildman–Crippen MR) is 257 cm³/mol. The first kappa shape index (κ1) is 41.1. The minimum absolute atomic E-state index is 0. The summed E-state index contributed by atoms with van der Waals surface area (Å²) in [4.78, 5) is 7.04. The molecule has 8 aromatic rings. The molecule has 61 heavy (non-hydrogen) atoms. The number of rotatable bonds is 9. The molecule has 1 aliphatic heterocycles. The van der Waals surface area contributed by atoms with Crippen LogP contribution in [-0.2, 0) is 26.5 Å². The Morgan fingerprint density at radius 2 is 1.41 bits per heavy atom. The van der Waals surface area contributed by atoms with Gasteiger partial charge < -0.3 is 19.6 Å². The van der Waals surface area contributed by atoms with Gasteiger partial charge in [0.2, 0.25) is 0 Å². The number of nitrogens with zero attached hydrogens (tertiary/aromatic N) is 3. The van der Waals surface area contributed by atoms with Crippen molar-refractivity contribution in [1.82, 2.24) is 4.98 Å². The maximum Gasteiger partial charge on any atom is 3.00 e. The van der Waals surface area contributed by atoms with E-state index in [9.17, 15) is 0 Å². The fraction of sp³-hybridized carbons (Fsp3) is 0.255. The van der Waals surface area contributed by atoms with Gasteiger partial charge in [-0.3, -0.25) is 0 Å². The topological polar surface area (TPSA) is 43.4 Å². The molecule has 3 heterocycles. The van der Waals surface area contributed by atoms with Crippen LogP contribution in [0.3, 0.4) is 0 Å². The summed E-state index contributed by atoms with van der Waals surface area (Å²) in [6.45, 7) is 19.7. The molecule has 1 aliphatic rings. The number of hydrogen-bond acceptors (Lipinski definition) is 3. The SMILES string of the molecule is CC(C)c1cc(-c2ccccc2)cc(C(C)C)c1N1c2ccccc2[N-]C1c1[c-]cc2oc3ccccc3c2c1.[2H]C([2H])(c1cc(-c2[c-]cccc2)ncc1[Si](C)(C)C)C(C)C.[Ir+3]. The van der Waals surface area contributed by atoms with Gasteiger partial charge in [0.25, 0.3) is 0 Å². The first-order chi connectivity index (χ1) is 29.6. The first-order valence-electron chi connectivity index (χ1n) is 22.3. The Bertz CT molecular complexity index is 2820. The van der Waals surface area contributed by atoms with E-state index in [0.717, 1.165) is 60.9 Å². The van der Waals surface area contributed by atoms with E-state index in [1.165, 1.54) is 27.9 Å². The van der Waals surface area contributed by atoms with Crippen LogP contribution in [0.2, 0.25) is 19.6 Å². The summed E-state index contributed by atoms with van der Waals surface area (Å²) in [6.07, 6.45) is 0.299. The van der Waals surface area contributed by atoms with Gasteiger partial charge in [-0.05, 0) is 87.7 Å². The molecule has 0 saturated carbocycles. The Morgan fingerprint density at radius 3 is 2.08 bits per heavy atom. The van der Waals surface area contributed by atoms with Crippen molar-refractivity contribution in [2.45, 2.75) is 85.6 Å². The number of benzene rings is 6. The Morgan fingerprint density at radius 1 is 0.738 bits per heavy atom. The van der Waals surface area contributed by atoms with E-state index in [2.05, 4.69) is 154 Å². The van der Waals surface area contributed by atoms with Gasteiger partial charge in [-0.15, -0.1) is 47.6 Å². The molecule has 0 fully saturated rings. The zero-order chi connectivity index (χ0) is 43.9. The number of para-hydroxylation sites is 3. The third-order valence-electron chi connectivity index (χ3n) is 11.2. The van der Waals surface area contributed by atoms with Gasteiger partial charge in [-0.25, -0.2) is 0 Å². The van der Waals surface area contributed by atoms with Crippen LogP contribution in [0.15, 0.2) is 144 Å². The van der Waals surface area contributed by atoms with Crippen molar-refractivity contribution in [2.75, 3.05) is 4.90 Å². The first-order valence-corrected chi connectivity index (χ1v) is 24.8. The van der Waals surface area contributed by atoms with Crippen LogP contribution in [0.5, 0.6) is 0 Å².